The minimum absolute atomic E-state index is 0.161. The molecule has 1 unspecified atom stereocenters. The van der Waals surface area contributed by atoms with Crippen LogP contribution in [0.4, 0.5) is 4.39 Å². The Hall–Kier alpha value is -0.930. The Bertz CT molecular complexity index is 332. The van der Waals surface area contributed by atoms with Crippen molar-refractivity contribution in [1.82, 2.24) is 10.2 Å². The predicted molar refractivity (Wildman–Crippen MR) is 63.9 cm³/mol. The van der Waals surface area contributed by atoms with Crippen molar-refractivity contribution in [3.05, 3.63) is 35.6 Å². The van der Waals surface area contributed by atoms with Crippen LogP contribution in [0, 0.1) is 5.82 Å². The molecule has 1 atom stereocenters. The molecule has 1 aliphatic rings. The van der Waals surface area contributed by atoms with Crippen molar-refractivity contribution in [2.45, 2.75) is 25.4 Å². The minimum atomic E-state index is -0.161. The lowest BCUT2D eigenvalue weighted by molar-refractivity contribution is 0.124. The van der Waals surface area contributed by atoms with Gasteiger partial charge in [0.05, 0.1) is 0 Å². The van der Waals surface area contributed by atoms with Gasteiger partial charge in [-0.1, -0.05) is 19.1 Å². The second kappa shape index (κ2) is 4.93. The summed E-state index contributed by atoms with van der Waals surface area (Å²) in [6.45, 7) is 4.30. The Kier molecular flexibility index (Phi) is 3.56. The second-order valence-corrected chi connectivity index (χ2v) is 4.45. The minimum Gasteiger partial charge on any atom is -0.314 e. The van der Waals surface area contributed by atoms with E-state index in [-0.39, 0.29) is 5.82 Å². The maximum atomic E-state index is 12.9. The monoisotopic (exact) mass is 222 g/mol. The van der Waals surface area contributed by atoms with Gasteiger partial charge in [-0.05, 0) is 31.2 Å². The first-order valence-corrected chi connectivity index (χ1v) is 5.90. The highest BCUT2D eigenvalue weighted by Crippen LogP contribution is 2.25. The second-order valence-electron chi connectivity index (χ2n) is 4.45. The summed E-state index contributed by atoms with van der Waals surface area (Å²) in [7, 11) is 2.16. The Labute approximate surface area is 96.5 Å². The zero-order valence-corrected chi connectivity index (χ0v) is 9.91. The van der Waals surface area contributed by atoms with Gasteiger partial charge in [-0.3, -0.25) is 4.90 Å². The molecule has 1 saturated heterocycles. The average molecular weight is 222 g/mol. The molecule has 1 aromatic rings. The summed E-state index contributed by atoms with van der Waals surface area (Å²) in [5.74, 6) is -0.161. The van der Waals surface area contributed by atoms with Gasteiger partial charge in [-0.15, -0.1) is 0 Å². The van der Waals surface area contributed by atoms with E-state index in [0.29, 0.717) is 12.1 Å². The highest BCUT2D eigenvalue weighted by atomic mass is 19.1. The molecule has 2 nitrogen and oxygen atoms in total. The van der Waals surface area contributed by atoms with E-state index in [1.807, 2.05) is 12.1 Å². The Morgan fingerprint density at radius 1 is 1.38 bits per heavy atom. The number of nitrogens with zero attached hydrogens (tertiary/aromatic N) is 1. The summed E-state index contributed by atoms with van der Waals surface area (Å²) in [6.07, 6.45) is 1.05. The van der Waals surface area contributed by atoms with Crippen LogP contribution in [0.3, 0.4) is 0 Å². The van der Waals surface area contributed by atoms with Crippen molar-refractivity contribution in [1.29, 1.82) is 0 Å². The van der Waals surface area contributed by atoms with Crippen molar-refractivity contribution in [2.24, 2.45) is 0 Å². The van der Waals surface area contributed by atoms with Crippen molar-refractivity contribution in [3.63, 3.8) is 0 Å². The number of hydrogen-bond donors (Lipinski definition) is 1. The number of likely N-dealkylation sites (N-methyl/N-ethyl adjacent to an activating group) is 1. The van der Waals surface area contributed by atoms with Gasteiger partial charge < -0.3 is 5.32 Å². The quantitative estimate of drug-likeness (QED) is 0.840. The highest BCUT2D eigenvalue weighted by molar-refractivity contribution is 5.20. The molecule has 3 heteroatoms. The molecule has 0 spiro atoms. The fraction of sp³-hybridized carbons (Fsp3) is 0.538. The van der Waals surface area contributed by atoms with Gasteiger partial charge in [0, 0.05) is 25.2 Å². The van der Waals surface area contributed by atoms with E-state index >= 15 is 0 Å². The predicted octanol–water partition coefficient (Wildman–Crippen LogP) is 2.18. The zero-order chi connectivity index (χ0) is 11.5. The van der Waals surface area contributed by atoms with Crippen LogP contribution in [0.15, 0.2) is 24.3 Å². The van der Waals surface area contributed by atoms with E-state index < -0.39 is 0 Å². The van der Waals surface area contributed by atoms with Crippen LogP contribution in [0.1, 0.15) is 24.9 Å². The maximum absolute atomic E-state index is 12.9. The van der Waals surface area contributed by atoms with Gasteiger partial charge in [0.1, 0.15) is 5.82 Å². The Morgan fingerprint density at radius 3 is 2.44 bits per heavy atom. The van der Waals surface area contributed by atoms with Crippen LogP contribution >= 0.6 is 0 Å². The first kappa shape index (κ1) is 11.6. The maximum Gasteiger partial charge on any atom is 0.123 e. The molecule has 0 saturated carbocycles. The first-order chi connectivity index (χ1) is 7.72. The molecule has 1 aliphatic heterocycles. The summed E-state index contributed by atoms with van der Waals surface area (Å²) in [5, 5.41) is 3.28. The number of rotatable bonds is 4. The third kappa shape index (κ3) is 2.25. The summed E-state index contributed by atoms with van der Waals surface area (Å²) < 4.78 is 12.9. The lowest BCUT2D eigenvalue weighted by Gasteiger charge is -2.40. The van der Waals surface area contributed by atoms with Gasteiger partial charge in [-0.2, -0.15) is 0 Å². The Balaban J connectivity index is 2.11. The summed E-state index contributed by atoms with van der Waals surface area (Å²) in [6, 6.07) is 7.90. The van der Waals surface area contributed by atoms with E-state index in [1.165, 1.54) is 5.56 Å². The van der Waals surface area contributed by atoms with Crippen LogP contribution in [-0.2, 0) is 0 Å². The first-order valence-electron chi connectivity index (χ1n) is 5.90. The standard InChI is InChI=1S/C13H19FN2/c1-3-13(16(2)12-8-15-9-12)10-4-6-11(14)7-5-10/h4-7,12-13,15H,3,8-9H2,1-2H3. The molecule has 0 aromatic heterocycles. The van der Waals surface area contributed by atoms with Crippen molar-refractivity contribution in [2.75, 3.05) is 20.1 Å². The van der Waals surface area contributed by atoms with Crippen LogP contribution in [0.5, 0.6) is 0 Å². The van der Waals surface area contributed by atoms with Gasteiger partial charge in [0.2, 0.25) is 0 Å². The van der Waals surface area contributed by atoms with E-state index in [9.17, 15) is 4.39 Å². The van der Waals surface area contributed by atoms with E-state index in [4.69, 9.17) is 0 Å². The molecule has 88 valence electrons. The molecule has 1 aromatic carbocycles. The van der Waals surface area contributed by atoms with E-state index in [2.05, 4.69) is 24.2 Å². The molecule has 1 N–H and O–H groups in total. The molecule has 1 heterocycles. The van der Waals surface area contributed by atoms with Crippen LogP contribution in [0.25, 0.3) is 0 Å². The molecule has 2 rings (SSSR count). The molecule has 0 bridgehead atoms. The van der Waals surface area contributed by atoms with Crippen LogP contribution in [-0.4, -0.2) is 31.1 Å². The molecule has 0 amide bonds. The fourth-order valence-electron chi connectivity index (χ4n) is 2.26. The van der Waals surface area contributed by atoms with Gasteiger partial charge in [0.25, 0.3) is 0 Å². The fourth-order valence-corrected chi connectivity index (χ4v) is 2.26. The SMILES string of the molecule is CCC(c1ccc(F)cc1)N(C)C1CNC1. The molecular weight excluding hydrogens is 203 g/mol. The number of hydrogen-bond acceptors (Lipinski definition) is 2. The van der Waals surface area contributed by atoms with Gasteiger partial charge >= 0.3 is 0 Å². The number of nitrogens with one attached hydrogen (secondary N) is 1. The Morgan fingerprint density at radius 2 is 2.00 bits per heavy atom. The number of benzene rings is 1. The topological polar surface area (TPSA) is 15.3 Å². The summed E-state index contributed by atoms with van der Waals surface area (Å²) in [4.78, 5) is 2.39. The van der Waals surface area contributed by atoms with Crippen molar-refractivity contribution in [3.8, 4) is 0 Å². The van der Waals surface area contributed by atoms with Crippen molar-refractivity contribution >= 4 is 0 Å². The van der Waals surface area contributed by atoms with E-state index in [1.54, 1.807) is 12.1 Å². The van der Waals surface area contributed by atoms with Gasteiger partial charge in [-0.25, -0.2) is 4.39 Å². The summed E-state index contributed by atoms with van der Waals surface area (Å²) in [5.41, 5.74) is 1.21. The zero-order valence-electron chi connectivity index (χ0n) is 9.91. The molecule has 0 radical (unpaired) electrons. The smallest absolute Gasteiger partial charge is 0.123 e. The van der Waals surface area contributed by atoms with Crippen LogP contribution < -0.4 is 5.32 Å². The van der Waals surface area contributed by atoms with E-state index in [0.717, 1.165) is 19.5 Å². The highest BCUT2D eigenvalue weighted by Gasteiger charge is 2.27. The lowest BCUT2D eigenvalue weighted by atomic mass is 10.00. The lowest BCUT2D eigenvalue weighted by Crippen LogP contribution is -2.56. The third-order valence-electron chi connectivity index (χ3n) is 3.47. The van der Waals surface area contributed by atoms with Crippen LogP contribution in [0.2, 0.25) is 0 Å². The molecule has 16 heavy (non-hydrogen) atoms. The molecule has 1 fully saturated rings. The van der Waals surface area contributed by atoms with Gasteiger partial charge in [0.15, 0.2) is 0 Å². The third-order valence-corrected chi connectivity index (χ3v) is 3.47. The van der Waals surface area contributed by atoms with Crippen molar-refractivity contribution < 1.29 is 4.39 Å². The normalized spacial score (nSPS) is 18.5. The summed E-state index contributed by atoms with van der Waals surface area (Å²) >= 11 is 0. The molecular formula is C13H19FN2. The number of halogens is 1. The molecule has 0 aliphatic carbocycles. The average Bonchev–Trinajstić information content (AvgIpc) is 2.19. The largest absolute Gasteiger partial charge is 0.314 e.